The number of thiophene rings is 2. The second kappa shape index (κ2) is 9.89. The van der Waals surface area contributed by atoms with Crippen LogP contribution in [-0.2, 0) is 0 Å². The van der Waals surface area contributed by atoms with Gasteiger partial charge in [-0.25, -0.2) is 0 Å². The molecular formula is C48H28N2S2. The van der Waals surface area contributed by atoms with E-state index in [1.54, 1.807) is 0 Å². The molecule has 2 atom stereocenters. The minimum absolute atomic E-state index is 0.144. The molecule has 10 aromatic rings. The van der Waals surface area contributed by atoms with Gasteiger partial charge in [0.25, 0.3) is 0 Å². The van der Waals surface area contributed by atoms with Crippen molar-refractivity contribution in [1.29, 1.82) is 0 Å². The lowest BCUT2D eigenvalue weighted by Crippen LogP contribution is -2.38. The van der Waals surface area contributed by atoms with Crippen LogP contribution in [0.1, 0.15) is 17.0 Å². The van der Waals surface area contributed by atoms with Crippen LogP contribution in [0.15, 0.2) is 158 Å². The summed E-state index contributed by atoms with van der Waals surface area (Å²) in [5.41, 5.74) is 13.3. The molecule has 0 bridgehead atoms. The van der Waals surface area contributed by atoms with Crippen molar-refractivity contribution in [2.75, 3.05) is 4.90 Å². The third-order valence-corrected chi connectivity index (χ3v) is 14.4. The number of allylic oxidation sites excluding steroid dienone is 2. The molecule has 4 heteroatoms. The lowest BCUT2D eigenvalue weighted by atomic mass is 9.78. The molecule has 3 aliphatic rings. The molecule has 2 unspecified atom stereocenters. The summed E-state index contributed by atoms with van der Waals surface area (Å²) in [6, 6.07) is 54.7. The van der Waals surface area contributed by atoms with E-state index in [1.807, 2.05) is 22.7 Å². The monoisotopic (exact) mass is 696 g/mol. The van der Waals surface area contributed by atoms with Crippen LogP contribution in [0.5, 0.6) is 0 Å². The normalized spacial score (nSPS) is 17.4. The van der Waals surface area contributed by atoms with E-state index in [9.17, 15) is 0 Å². The van der Waals surface area contributed by atoms with Crippen molar-refractivity contribution in [3.8, 4) is 11.1 Å². The van der Waals surface area contributed by atoms with Crippen LogP contribution >= 0.6 is 22.7 Å². The fraction of sp³-hybridized carbons (Fsp3) is 0.0417. The molecule has 0 saturated heterocycles. The van der Waals surface area contributed by atoms with E-state index >= 15 is 0 Å². The number of aromatic nitrogens is 1. The number of nitrogens with zero attached hydrogens (tertiary/aromatic N) is 2. The molecular weight excluding hydrogens is 669 g/mol. The van der Waals surface area contributed by atoms with Gasteiger partial charge in [-0.15, -0.1) is 22.7 Å². The van der Waals surface area contributed by atoms with Crippen LogP contribution in [0.25, 0.3) is 84.5 Å². The van der Waals surface area contributed by atoms with Gasteiger partial charge in [0.05, 0.1) is 22.8 Å². The Hall–Kier alpha value is -5.94. The lowest BCUT2D eigenvalue weighted by molar-refractivity contribution is 0.737. The largest absolute Gasteiger partial charge is 0.329 e. The Morgan fingerprint density at radius 1 is 0.462 bits per heavy atom. The second-order valence-corrected chi connectivity index (χ2v) is 16.4. The van der Waals surface area contributed by atoms with Crippen molar-refractivity contribution in [2.45, 2.75) is 12.0 Å². The van der Waals surface area contributed by atoms with Crippen LogP contribution in [0, 0.1) is 0 Å². The minimum Gasteiger partial charge on any atom is -0.329 e. The van der Waals surface area contributed by atoms with Crippen LogP contribution in [0.3, 0.4) is 0 Å². The third-order valence-electron chi connectivity index (χ3n) is 11.9. The van der Waals surface area contributed by atoms with Gasteiger partial charge in [-0.2, -0.15) is 0 Å². The van der Waals surface area contributed by atoms with Crippen LogP contribution in [0.4, 0.5) is 11.4 Å². The Labute approximate surface area is 307 Å². The van der Waals surface area contributed by atoms with Crippen LogP contribution in [-0.4, -0.2) is 10.6 Å². The summed E-state index contributed by atoms with van der Waals surface area (Å²) in [7, 11) is 0. The highest BCUT2D eigenvalue weighted by Crippen LogP contribution is 2.61. The number of rotatable bonds is 2. The van der Waals surface area contributed by atoms with E-state index in [2.05, 4.69) is 167 Å². The summed E-state index contributed by atoms with van der Waals surface area (Å²) >= 11 is 3.84. The summed E-state index contributed by atoms with van der Waals surface area (Å²) in [4.78, 5) is 2.68. The van der Waals surface area contributed by atoms with Crippen LogP contribution < -0.4 is 4.90 Å². The fourth-order valence-electron chi connectivity index (χ4n) is 9.90. The minimum atomic E-state index is 0.144. The molecule has 0 amide bonds. The Morgan fingerprint density at radius 3 is 1.88 bits per heavy atom. The second-order valence-electron chi connectivity index (χ2n) is 14.3. The van der Waals surface area contributed by atoms with Crippen molar-refractivity contribution in [3.05, 3.63) is 169 Å². The van der Waals surface area contributed by atoms with E-state index in [1.165, 1.54) is 107 Å². The van der Waals surface area contributed by atoms with E-state index in [4.69, 9.17) is 0 Å². The predicted molar refractivity (Wildman–Crippen MR) is 224 cm³/mol. The maximum absolute atomic E-state index is 2.68. The zero-order valence-electron chi connectivity index (χ0n) is 27.9. The topological polar surface area (TPSA) is 8.17 Å². The molecule has 0 N–H and O–H groups in total. The maximum Gasteiger partial charge on any atom is 0.0857 e. The fourth-order valence-corrected chi connectivity index (χ4v) is 12.4. The quantitative estimate of drug-likeness (QED) is 0.175. The van der Waals surface area contributed by atoms with Gasteiger partial charge < -0.3 is 9.47 Å². The number of anilines is 2. The smallest absolute Gasteiger partial charge is 0.0857 e. The first-order valence-electron chi connectivity index (χ1n) is 18.0. The van der Waals surface area contributed by atoms with E-state index in [0.717, 1.165) is 0 Å². The summed E-state index contributed by atoms with van der Waals surface area (Å²) in [6.07, 6.45) is 4.89. The maximum atomic E-state index is 2.68. The van der Waals surface area contributed by atoms with Gasteiger partial charge in [0.15, 0.2) is 0 Å². The van der Waals surface area contributed by atoms with Crippen molar-refractivity contribution in [3.63, 3.8) is 0 Å². The molecule has 2 nitrogen and oxygen atoms in total. The number of benzene rings is 7. The molecule has 13 rings (SSSR count). The van der Waals surface area contributed by atoms with Crippen molar-refractivity contribution in [1.82, 2.24) is 4.57 Å². The standard InChI is InChI=1S/C48H28N2S2/c1-5-19-37-35(13-1)43-29(33-17-9-15-31-27-11-3-7-21-41(27)51-47(31)33)23-25-39-45(43)49(37)40-26-24-30(44-36-14-2-6-20-38(36)50(39)46(40)44)34-18-10-16-32-28-12-4-8-22-42(28)52-48(32)34/h1-26,43,45H. The molecule has 52 heavy (non-hydrogen) atoms. The molecule has 0 radical (unpaired) electrons. The number of fused-ring (bicyclic) bond motifs is 14. The molecule has 7 aromatic carbocycles. The number of hydrogen-bond acceptors (Lipinski definition) is 3. The first-order chi connectivity index (χ1) is 25.8. The van der Waals surface area contributed by atoms with E-state index < -0.39 is 0 Å². The van der Waals surface area contributed by atoms with Gasteiger partial charge in [-0.3, -0.25) is 0 Å². The Balaban J connectivity index is 1.13. The molecule has 0 saturated carbocycles. The van der Waals surface area contributed by atoms with Gasteiger partial charge in [0.1, 0.15) is 0 Å². The molecule has 242 valence electrons. The molecule has 2 aliphatic heterocycles. The van der Waals surface area contributed by atoms with Gasteiger partial charge >= 0.3 is 0 Å². The zero-order valence-corrected chi connectivity index (χ0v) is 29.5. The first kappa shape index (κ1) is 27.7. The molecule has 0 spiro atoms. The predicted octanol–water partition coefficient (Wildman–Crippen LogP) is 13.8. The highest BCUT2D eigenvalue weighted by molar-refractivity contribution is 7.26. The molecule has 1 aliphatic carbocycles. The van der Waals surface area contributed by atoms with Gasteiger partial charge in [-0.1, -0.05) is 121 Å². The van der Waals surface area contributed by atoms with E-state index in [0.29, 0.717) is 0 Å². The molecule has 5 heterocycles. The summed E-state index contributed by atoms with van der Waals surface area (Å²) < 4.78 is 8.04. The Morgan fingerprint density at radius 2 is 1.10 bits per heavy atom. The van der Waals surface area contributed by atoms with Crippen LogP contribution in [0.2, 0.25) is 0 Å². The number of hydrogen-bond donors (Lipinski definition) is 0. The lowest BCUT2D eigenvalue weighted by Gasteiger charge is -2.40. The average molecular weight is 697 g/mol. The Kier molecular flexibility index (Phi) is 5.27. The highest BCUT2D eigenvalue weighted by atomic mass is 32.1. The summed E-state index contributed by atoms with van der Waals surface area (Å²) in [6.45, 7) is 0. The van der Waals surface area contributed by atoms with Crippen molar-refractivity contribution >= 4 is 107 Å². The van der Waals surface area contributed by atoms with Crippen molar-refractivity contribution < 1.29 is 0 Å². The highest BCUT2D eigenvalue weighted by Gasteiger charge is 2.49. The summed E-state index contributed by atoms with van der Waals surface area (Å²) in [5, 5.41) is 8.02. The van der Waals surface area contributed by atoms with Gasteiger partial charge in [0, 0.05) is 74.0 Å². The molecule has 0 fully saturated rings. The molecule has 3 aromatic heterocycles. The number of para-hydroxylation sites is 2. The van der Waals surface area contributed by atoms with Crippen molar-refractivity contribution in [2.24, 2.45) is 0 Å². The third kappa shape index (κ3) is 3.35. The van der Waals surface area contributed by atoms with E-state index in [-0.39, 0.29) is 12.0 Å². The zero-order chi connectivity index (χ0) is 33.7. The Bertz CT molecular complexity index is 3280. The first-order valence-corrected chi connectivity index (χ1v) is 19.6. The summed E-state index contributed by atoms with van der Waals surface area (Å²) in [5.74, 6) is 0.198. The van der Waals surface area contributed by atoms with Gasteiger partial charge in [-0.05, 0) is 58.7 Å². The van der Waals surface area contributed by atoms with Gasteiger partial charge in [0.2, 0.25) is 0 Å². The average Bonchev–Trinajstić information content (AvgIpc) is 3.96. The SMILES string of the molecule is C1=C(c2cccc3c2sc2ccccc23)C2c3ccccc3N3c4ccc(-c5cccc6c5sc5ccccc56)c5c6ccccc6n(c45)C(=C1)C23.